The average Bonchev–Trinajstić information content (AvgIpc) is 3.00. The summed E-state index contributed by atoms with van der Waals surface area (Å²) in [6.45, 7) is 0. The van der Waals surface area contributed by atoms with Crippen LogP contribution in [0.4, 0.5) is 5.69 Å². The molecule has 0 radical (unpaired) electrons. The topological polar surface area (TPSA) is 49.0 Å². The highest BCUT2D eigenvalue weighted by atomic mass is 32.1. The van der Waals surface area contributed by atoms with Gasteiger partial charge in [0.15, 0.2) is 0 Å². The van der Waals surface area contributed by atoms with Crippen molar-refractivity contribution in [2.45, 2.75) is 19.3 Å². The lowest BCUT2D eigenvalue weighted by Crippen LogP contribution is -2.25. The molecule has 0 saturated carbocycles. The maximum absolute atomic E-state index is 11.9. The molecule has 0 aliphatic rings. The van der Waals surface area contributed by atoms with Crippen molar-refractivity contribution in [3.05, 3.63) is 34.8 Å². The lowest BCUT2D eigenvalue weighted by atomic mass is 10.2. The van der Waals surface area contributed by atoms with E-state index in [9.17, 15) is 4.79 Å². The molecule has 2 aromatic rings. The molecular weight excluding hydrogens is 234 g/mol. The molecule has 2 heterocycles. The van der Waals surface area contributed by atoms with E-state index in [-0.39, 0.29) is 5.91 Å². The summed E-state index contributed by atoms with van der Waals surface area (Å²) in [5.74, 6) is 0.128. The molecule has 0 saturated heterocycles. The van der Waals surface area contributed by atoms with E-state index in [0.717, 1.165) is 18.5 Å². The summed E-state index contributed by atoms with van der Waals surface area (Å²) in [6.07, 6.45) is 5.80. The van der Waals surface area contributed by atoms with Crippen molar-refractivity contribution in [1.82, 2.24) is 10.2 Å². The quantitative estimate of drug-likeness (QED) is 0.885. The van der Waals surface area contributed by atoms with Crippen LogP contribution in [0.1, 0.15) is 17.7 Å². The van der Waals surface area contributed by atoms with Gasteiger partial charge in [0.2, 0.25) is 5.91 Å². The molecule has 0 unspecified atom stereocenters. The lowest BCUT2D eigenvalue weighted by Gasteiger charge is -2.14. The highest BCUT2D eigenvalue weighted by Crippen LogP contribution is 2.14. The Hall–Kier alpha value is -1.62. The maximum atomic E-state index is 11.9. The number of amides is 1. The fraction of sp³-hybridized carbons (Fsp3) is 0.333. The Morgan fingerprint density at radius 2 is 2.47 bits per heavy atom. The van der Waals surface area contributed by atoms with Gasteiger partial charge < -0.3 is 4.90 Å². The molecule has 5 heteroatoms. The molecule has 1 amide bonds. The van der Waals surface area contributed by atoms with Crippen LogP contribution >= 0.6 is 11.3 Å². The number of nitrogens with zero attached hydrogens (tertiary/aromatic N) is 2. The zero-order valence-corrected chi connectivity index (χ0v) is 10.5. The smallest absolute Gasteiger partial charge is 0.226 e. The van der Waals surface area contributed by atoms with Gasteiger partial charge in [-0.05, 0) is 24.3 Å². The minimum atomic E-state index is 0.128. The Morgan fingerprint density at radius 3 is 3.12 bits per heavy atom. The van der Waals surface area contributed by atoms with Crippen LogP contribution in [0.15, 0.2) is 29.9 Å². The lowest BCUT2D eigenvalue weighted by molar-refractivity contribution is -0.118. The van der Waals surface area contributed by atoms with E-state index in [2.05, 4.69) is 21.6 Å². The summed E-state index contributed by atoms with van der Waals surface area (Å²) in [5, 5.41) is 8.60. The van der Waals surface area contributed by atoms with E-state index < -0.39 is 0 Å². The fourth-order valence-electron chi connectivity index (χ4n) is 1.61. The molecule has 0 aliphatic heterocycles. The van der Waals surface area contributed by atoms with Crippen LogP contribution in [-0.4, -0.2) is 23.2 Å². The maximum Gasteiger partial charge on any atom is 0.226 e. The summed E-state index contributed by atoms with van der Waals surface area (Å²) < 4.78 is 0. The Balaban J connectivity index is 1.77. The number of hydrogen-bond acceptors (Lipinski definition) is 3. The SMILES string of the molecule is CN(C(=O)CCCc1cccs1)c1cn[nH]c1. The van der Waals surface area contributed by atoms with Crippen molar-refractivity contribution in [2.75, 3.05) is 11.9 Å². The molecule has 0 atom stereocenters. The second kappa shape index (κ2) is 5.63. The summed E-state index contributed by atoms with van der Waals surface area (Å²) >= 11 is 1.74. The number of aromatic amines is 1. The number of aromatic nitrogens is 2. The van der Waals surface area contributed by atoms with Crippen LogP contribution < -0.4 is 4.90 Å². The second-order valence-corrected chi connectivity index (χ2v) is 4.87. The van der Waals surface area contributed by atoms with Gasteiger partial charge in [0.25, 0.3) is 0 Å². The summed E-state index contributed by atoms with van der Waals surface area (Å²) in [6, 6.07) is 4.15. The third kappa shape index (κ3) is 3.17. The van der Waals surface area contributed by atoms with Crippen LogP contribution in [0, 0.1) is 0 Å². The molecule has 0 spiro atoms. The van der Waals surface area contributed by atoms with Crippen LogP contribution in [0.2, 0.25) is 0 Å². The van der Waals surface area contributed by atoms with Crippen molar-refractivity contribution in [3.63, 3.8) is 0 Å². The molecule has 90 valence electrons. The summed E-state index contributed by atoms with van der Waals surface area (Å²) in [4.78, 5) is 14.8. The normalized spacial score (nSPS) is 10.4. The predicted octanol–water partition coefficient (Wildman–Crippen LogP) is 2.46. The van der Waals surface area contributed by atoms with Gasteiger partial charge in [0.05, 0.1) is 11.9 Å². The molecule has 4 nitrogen and oxygen atoms in total. The number of carbonyl (C=O) groups is 1. The van der Waals surface area contributed by atoms with Crippen molar-refractivity contribution >= 4 is 22.9 Å². The minimum absolute atomic E-state index is 0.128. The highest BCUT2D eigenvalue weighted by molar-refractivity contribution is 7.09. The van der Waals surface area contributed by atoms with E-state index >= 15 is 0 Å². The number of rotatable bonds is 5. The zero-order chi connectivity index (χ0) is 12.1. The van der Waals surface area contributed by atoms with E-state index in [1.807, 2.05) is 6.07 Å². The first kappa shape index (κ1) is 11.9. The minimum Gasteiger partial charge on any atom is -0.313 e. The summed E-state index contributed by atoms with van der Waals surface area (Å²) in [5.41, 5.74) is 0.811. The third-order valence-corrected chi connectivity index (χ3v) is 3.58. The first-order valence-corrected chi connectivity index (χ1v) is 6.43. The molecule has 0 aromatic carbocycles. The van der Waals surface area contributed by atoms with Gasteiger partial charge in [-0.2, -0.15) is 5.10 Å². The monoisotopic (exact) mass is 249 g/mol. The van der Waals surface area contributed by atoms with E-state index in [0.29, 0.717) is 6.42 Å². The second-order valence-electron chi connectivity index (χ2n) is 3.84. The van der Waals surface area contributed by atoms with Gasteiger partial charge in [0, 0.05) is 24.5 Å². The first-order valence-electron chi connectivity index (χ1n) is 5.55. The van der Waals surface area contributed by atoms with Crippen molar-refractivity contribution in [3.8, 4) is 0 Å². The number of thiophene rings is 1. The average molecular weight is 249 g/mol. The Kier molecular flexibility index (Phi) is 3.93. The standard InChI is InChI=1S/C12H15N3OS/c1-15(10-8-13-14-9-10)12(16)6-2-4-11-5-3-7-17-11/h3,5,7-9H,2,4,6H2,1H3,(H,13,14). The first-order chi connectivity index (χ1) is 8.27. The molecule has 2 aromatic heterocycles. The largest absolute Gasteiger partial charge is 0.313 e. The highest BCUT2D eigenvalue weighted by Gasteiger charge is 2.11. The van der Waals surface area contributed by atoms with Gasteiger partial charge in [0.1, 0.15) is 0 Å². The van der Waals surface area contributed by atoms with Gasteiger partial charge >= 0.3 is 0 Å². The summed E-state index contributed by atoms with van der Waals surface area (Å²) in [7, 11) is 1.78. The van der Waals surface area contributed by atoms with E-state index in [1.54, 1.807) is 35.7 Å². The fourth-order valence-corrected chi connectivity index (χ4v) is 2.36. The molecule has 1 N–H and O–H groups in total. The Morgan fingerprint density at radius 1 is 1.59 bits per heavy atom. The van der Waals surface area contributed by atoms with Crippen molar-refractivity contribution < 1.29 is 4.79 Å². The van der Waals surface area contributed by atoms with Gasteiger partial charge in [-0.25, -0.2) is 0 Å². The number of hydrogen-bond donors (Lipinski definition) is 1. The van der Waals surface area contributed by atoms with Crippen molar-refractivity contribution in [2.24, 2.45) is 0 Å². The van der Waals surface area contributed by atoms with Gasteiger partial charge in [-0.3, -0.25) is 9.89 Å². The molecule has 0 fully saturated rings. The predicted molar refractivity (Wildman–Crippen MR) is 69.3 cm³/mol. The zero-order valence-electron chi connectivity index (χ0n) is 9.72. The van der Waals surface area contributed by atoms with Gasteiger partial charge in [-0.15, -0.1) is 11.3 Å². The van der Waals surface area contributed by atoms with Crippen LogP contribution in [0.25, 0.3) is 0 Å². The van der Waals surface area contributed by atoms with E-state index in [4.69, 9.17) is 0 Å². The van der Waals surface area contributed by atoms with Crippen LogP contribution in [0.3, 0.4) is 0 Å². The Labute approximate surface area is 104 Å². The number of H-pyrrole nitrogens is 1. The number of aryl methyl sites for hydroxylation is 1. The number of nitrogens with one attached hydrogen (secondary N) is 1. The van der Waals surface area contributed by atoms with E-state index in [1.165, 1.54) is 4.88 Å². The Bertz CT molecular complexity index is 450. The molecular formula is C12H15N3OS. The van der Waals surface area contributed by atoms with Crippen LogP contribution in [-0.2, 0) is 11.2 Å². The molecule has 2 rings (SSSR count). The molecule has 17 heavy (non-hydrogen) atoms. The molecule has 0 aliphatic carbocycles. The van der Waals surface area contributed by atoms with Crippen LogP contribution in [0.5, 0.6) is 0 Å². The van der Waals surface area contributed by atoms with Crippen molar-refractivity contribution in [1.29, 1.82) is 0 Å². The van der Waals surface area contributed by atoms with Gasteiger partial charge in [-0.1, -0.05) is 6.07 Å². The molecule has 0 bridgehead atoms. The number of carbonyl (C=O) groups excluding carboxylic acids is 1. The number of anilines is 1. The third-order valence-electron chi connectivity index (χ3n) is 2.64.